The lowest BCUT2D eigenvalue weighted by Crippen LogP contribution is -2.50. The Hall–Kier alpha value is -1.62. The van der Waals surface area contributed by atoms with Gasteiger partial charge in [-0.25, -0.2) is 4.98 Å². The molecule has 0 saturated carbocycles. The summed E-state index contributed by atoms with van der Waals surface area (Å²) in [5.74, 6) is 1.16. The van der Waals surface area contributed by atoms with Crippen molar-refractivity contribution in [1.29, 1.82) is 0 Å². The number of likely N-dealkylation sites (tertiary alicyclic amines) is 1. The summed E-state index contributed by atoms with van der Waals surface area (Å²) in [6, 6.07) is 4.18. The number of carbonyl (C=O) groups is 1. The van der Waals surface area contributed by atoms with Gasteiger partial charge in [0.15, 0.2) is 0 Å². The van der Waals surface area contributed by atoms with E-state index in [-0.39, 0.29) is 5.91 Å². The SMILES string of the molecule is Cc1nccn1C1CN(C(=O)c2cccs2)C1. The second-order valence-electron chi connectivity index (χ2n) is 4.22. The van der Waals surface area contributed by atoms with Crippen LogP contribution in [-0.2, 0) is 0 Å². The molecule has 17 heavy (non-hydrogen) atoms. The van der Waals surface area contributed by atoms with Crippen LogP contribution in [0.1, 0.15) is 21.5 Å². The van der Waals surface area contributed by atoms with E-state index in [2.05, 4.69) is 9.55 Å². The van der Waals surface area contributed by atoms with Gasteiger partial charge in [0.05, 0.1) is 10.9 Å². The van der Waals surface area contributed by atoms with Gasteiger partial charge in [-0.15, -0.1) is 11.3 Å². The van der Waals surface area contributed by atoms with Gasteiger partial charge in [0.2, 0.25) is 0 Å². The van der Waals surface area contributed by atoms with E-state index in [9.17, 15) is 4.79 Å². The van der Waals surface area contributed by atoms with E-state index in [0.29, 0.717) is 6.04 Å². The largest absolute Gasteiger partial charge is 0.334 e. The van der Waals surface area contributed by atoms with Gasteiger partial charge < -0.3 is 9.47 Å². The second-order valence-corrected chi connectivity index (χ2v) is 5.17. The fourth-order valence-corrected chi connectivity index (χ4v) is 2.82. The number of imidazole rings is 1. The molecular formula is C12H13N3OS. The van der Waals surface area contributed by atoms with Gasteiger partial charge >= 0.3 is 0 Å². The van der Waals surface area contributed by atoms with Crippen molar-refractivity contribution in [2.24, 2.45) is 0 Å². The Kier molecular flexibility index (Phi) is 2.48. The van der Waals surface area contributed by atoms with E-state index in [1.54, 1.807) is 6.20 Å². The minimum absolute atomic E-state index is 0.147. The summed E-state index contributed by atoms with van der Waals surface area (Å²) in [7, 11) is 0. The fraction of sp³-hybridized carbons (Fsp3) is 0.333. The maximum absolute atomic E-state index is 12.0. The molecule has 88 valence electrons. The van der Waals surface area contributed by atoms with Crippen LogP contribution in [0.15, 0.2) is 29.9 Å². The van der Waals surface area contributed by atoms with Crippen LogP contribution < -0.4 is 0 Å². The molecule has 0 aliphatic carbocycles. The molecule has 0 spiro atoms. The molecule has 1 saturated heterocycles. The Balaban J connectivity index is 1.66. The summed E-state index contributed by atoms with van der Waals surface area (Å²) in [6.45, 7) is 3.56. The van der Waals surface area contributed by atoms with E-state index < -0.39 is 0 Å². The Morgan fingerprint density at radius 2 is 2.35 bits per heavy atom. The highest BCUT2D eigenvalue weighted by atomic mass is 32.1. The summed E-state index contributed by atoms with van der Waals surface area (Å²) in [4.78, 5) is 18.9. The number of aryl methyl sites for hydroxylation is 1. The summed E-state index contributed by atoms with van der Waals surface area (Å²) in [5, 5.41) is 1.94. The summed E-state index contributed by atoms with van der Waals surface area (Å²) >= 11 is 1.50. The number of hydrogen-bond donors (Lipinski definition) is 0. The van der Waals surface area contributed by atoms with Crippen molar-refractivity contribution >= 4 is 17.2 Å². The number of carbonyl (C=O) groups excluding carboxylic acids is 1. The average Bonchev–Trinajstić information content (AvgIpc) is 2.87. The molecule has 2 aromatic rings. The highest BCUT2D eigenvalue weighted by Crippen LogP contribution is 2.25. The molecule has 1 amide bonds. The smallest absolute Gasteiger partial charge is 0.264 e. The van der Waals surface area contributed by atoms with Crippen LogP contribution in [0, 0.1) is 6.92 Å². The van der Waals surface area contributed by atoms with E-state index in [4.69, 9.17) is 0 Å². The lowest BCUT2D eigenvalue weighted by molar-refractivity contribution is 0.0522. The van der Waals surface area contributed by atoms with Gasteiger partial charge in [-0.1, -0.05) is 6.07 Å². The fourth-order valence-electron chi connectivity index (χ4n) is 2.13. The van der Waals surface area contributed by atoms with Gasteiger partial charge in [-0.3, -0.25) is 4.79 Å². The number of amides is 1. The molecule has 3 heterocycles. The zero-order chi connectivity index (χ0) is 11.8. The molecule has 0 atom stereocenters. The van der Waals surface area contributed by atoms with Crippen LogP contribution in [0.5, 0.6) is 0 Å². The van der Waals surface area contributed by atoms with E-state index in [1.807, 2.05) is 35.5 Å². The topological polar surface area (TPSA) is 38.1 Å². The van der Waals surface area contributed by atoms with Crippen molar-refractivity contribution in [3.05, 3.63) is 40.6 Å². The van der Waals surface area contributed by atoms with Crippen molar-refractivity contribution in [3.8, 4) is 0 Å². The third kappa shape index (κ3) is 1.76. The Morgan fingerprint density at radius 1 is 1.53 bits per heavy atom. The van der Waals surface area contributed by atoms with Crippen LogP contribution in [0.3, 0.4) is 0 Å². The molecule has 3 rings (SSSR count). The lowest BCUT2D eigenvalue weighted by Gasteiger charge is -2.40. The predicted octanol–water partition coefficient (Wildman–Crippen LogP) is 1.95. The number of aromatic nitrogens is 2. The van der Waals surface area contributed by atoms with E-state index in [0.717, 1.165) is 23.8 Å². The summed E-state index contributed by atoms with van der Waals surface area (Å²) in [5.41, 5.74) is 0. The minimum Gasteiger partial charge on any atom is -0.334 e. The van der Waals surface area contributed by atoms with Crippen molar-refractivity contribution in [2.75, 3.05) is 13.1 Å². The van der Waals surface area contributed by atoms with Crippen LogP contribution in [0.25, 0.3) is 0 Å². The van der Waals surface area contributed by atoms with Crippen LogP contribution in [0.4, 0.5) is 0 Å². The highest BCUT2D eigenvalue weighted by Gasteiger charge is 2.33. The van der Waals surface area contributed by atoms with Gasteiger partial charge in [0.25, 0.3) is 5.91 Å². The molecule has 0 aromatic carbocycles. The Bertz CT molecular complexity index is 526. The molecule has 5 heteroatoms. The minimum atomic E-state index is 0.147. The summed E-state index contributed by atoms with van der Waals surface area (Å²) < 4.78 is 2.14. The third-order valence-electron chi connectivity index (χ3n) is 3.14. The number of rotatable bonds is 2. The first-order chi connectivity index (χ1) is 8.25. The zero-order valence-electron chi connectivity index (χ0n) is 9.54. The number of thiophene rings is 1. The molecule has 4 nitrogen and oxygen atoms in total. The van der Waals surface area contributed by atoms with Gasteiger partial charge in [-0.2, -0.15) is 0 Å². The Labute approximate surface area is 104 Å². The molecule has 0 unspecified atom stereocenters. The monoisotopic (exact) mass is 247 g/mol. The quantitative estimate of drug-likeness (QED) is 0.813. The number of nitrogens with zero attached hydrogens (tertiary/aromatic N) is 3. The lowest BCUT2D eigenvalue weighted by atomic mass is 10.1. The standard InChI is InChI=1S/C12H13N3OS/c1-9-13-4-5-15(9)10-7-14(8-10)12(16)11-3-2-6-17-11/h2-6,10H,7-8H2,1H3. The molecule has 1 aliphatic heterocycles. The number of hydrogen-bond acceptors (Lipinski definition) is 3. The molecule has 1 fully saturated rings. The maximum Gasteiger partial charge on any atom is 0.264 e. The van der Waals surface area contributed by atoms with Gasteiger partial charge in [0, 0.05) is 25.5 Å². The second kappa shape index (κ2) is 4.00. The molecule has 0 radical (unpaired) electrons. The van der Waals surface area contributed by atoms with E-state index in [1.165, 1.54) is 11.3 Å². The van der Waals surface area contributed by atoms with Gasteiger partial charge in [0.1, 0.15) is 5.82 Å². The van der Waals surface area contributed by atoms with Crippen molar-refractivity contribution in [2.45, 2.75) is 13.0 Å². The predicted molar refractivity (Wildman–Crippen MR) is 66.2 cm³/mol. The van der Waals surface area contributed by atoms with Crippen LogP contribution in [0.2, 0.25) is 0 Å². The average molecular weight is 247 g/mol. The van der Waals surface area contributed by atoms with Gasteiger partial charge in [-0.05, 0) is 18.4 Å². The normalized spacial score (nSPS) is 15.9. The molecule has 2 aromatic heterocycles. The first-order valence-electron chi connectivity index (χ1n) is 5.58. The first-order valence-corrected chi connectivity index (χ1v) is 6.46. The summed E-state index contributed by atoms with van der Waals surface area (Å²) in [6.07, 6.45) is 3.78. The first kappa shape index (κ1) is 10.5. The third-order valence-corrected chi connectivity index (χ3v) is 4.00. The van der Waals surface area contributed by atoms with Crippen molar-refractivity contribution in [3.63, 3.8) is 0 Å². The zero-order valence-corrected chi connectivity index (χ0v) is 10.4. The maximum atomic E-state index is 12.0. The van der Waals surface area contributed by atoms with Crippen molar-refractivity contribution in [1.82, 2.24) is 14.5 Å². The van der Waals surface area contributed by atoms with Crippen LogP contribution in [-0.4, -0.2) is 33.4 Å². The molecule has 1 aliphatic rings. The molecule has 0 bridgehead atoms. The molecular weight excluding hydrogens is 234 g/mol. The van der Waals surface area contributed by atoms with Crippen molar-refractivity contribution < 1.29 is 4.79 Å². The molecule has 0 N–H and O–H groups in total. The Morgan fingerprint density at radius 3 is 2.94 bits per heavy atom. The van der Waals surface area contributed by atoms with E-state index >= 15 is 0 Å². The van der Waals surface area contributed by atoms with Crippen LogP contribution >= 0.6 is 11.3 Å². The highest BCUT2D eigenvalue weighted by molar-refractivity contribution is 7.12.